The van der Waals surface area contributed by atoms with Crippen LogP contribution in [0.4, 0.5) is 0 Å². The van der Waals surface area contributed by atoms with Gasteiger partial charge in [-0.15, -0.1) is 0 Å². The van der Waals surface area contributed by atoms with E-state index >= 15 is 0 Å². The van der Waals surface area contributed by atoms with Crippen LogP contribution in [0.5, 0.6) is 0 Å². The number of amides is 2. The first kappa shape index (κ1) is 20.3. The molecule has 128 valence electrons. The summed E-state index contributed by atoms with van der Waals surface area (Å²) in [6, 6.07) is -2.47. The molecule has 0 saturated carbocycles. The molecule has 0 aliphatic rings. The first-order valence-electron chi connectivity index (χ1n) is 7.24. The molecule has 0 aliphatic carbocycles. The number of nitrogens with one attached hydrogen (secondary N) is 2. The number of carboxylic acid groups (broad SMARTS) is 1. The van der Waals surface area contributed by atoms with Crippen molar-refractivity contribution in [3.8, 4) is 0 Å². The standard InChI is InChI=1S/C13H27N5O4/c1-3-7(2)11(12(20)17-8(5-14)6-15)18-10(19)4-9(16)13(21)22/h7-9,11H,3-6,14-16H2,1-2H3,(H,17,20)(H,18,19)(H,21,22)/t7?,9-,11-/m0/s1. The highest BCUT2D eigenvalue weighted by molar-refractivity contribution is 5.90. The minimum Gasteiger partial charge on any atom is -0.480 e. The average molecular weight is 317 g/mol. The van der Waals surface area contributed by atoms with Gasteiger partial charge in [0.25, 0.3) is 0 Å². The van der Waals surface area contributed by atoms with E-state index in [4.69, 9.17) is 22.3 Å². The third-order valence-corrected chi connectivity index (χ3v) is 3.45. The molecule has 0 aliphatic heterocycles. The summed E-state index contributed by atoms with van der Waals surface area (Å²) in [7, 11) is 0. The van der Waals surface area contributed by atoms with Crippen LogP contribution in [0.1, 0.15) is 26.7 Å². The first-order chi connectivity index (χ1) is 10.3. The van der Waals surface area contributed by atoms with E-state index in [1.165, 1.54) is 0 Å². The average Bonchev–Trinajstić information content (AvgIpc) is 2.48. The Hall–Kier alpha value is -1.71. The fraction of sp³-hybridized carbons (Fsp3) is 0.769. The van der Waals surface area contributed by atoms with E-state index in [1.807, 2.05) is 13.8 Å². The van der Waals surface area contributed by atoms with Crippen molar-refractivity contribution >= 4 is 17.8 Å². The molecule has 0 spiro atoms. The molecule has 0 bridgehead atoms. The second-order valence-electron chi connectivity index (χ2n) is 5.26. The smallest absolute Gasteiger partial charge is 0.321 e. The van der Waals surface area contributed by atoms with Crippen molar-refractivity contribution in [2.75, 3.05) is 13.1 Å². The van der Waals surface area contributed by atoms with Gasteiger partial charge in [0.15, 0.2) is 0 Å². The molecule has 0 rings (SSSR count). The zero-order valence-electron chi connectivity index (χ0n) is 13.0. The summed E-state index contributed by atoms with van der Waals surface area (Å²) < 4.78 is 0. The minimum absolute atomic E-state index is 0.138. The molecular formula is C13H27N5O4. The number of nitrogens with two attached hydrogens (primary N) is 3. The molecule has 2 amide bonds. The van der Waals surface area contributed by atoms with E-state index in [0.29, 0.717) is 6.42 Å². The molecule has 9 N–H and O–H groups in total. The Morgan fingerprint density at radius 3 is 2.09 bits per heavy atom. The largest absolute Gasteiger partial charge is 0.480 e. The van der Waals surface area contributed by atoms with Gasteiger partial charge in [0, 0.05) is 13.1 Å². The fourth-order valence-corrected chi connectivity index (χ4v) is 1.73. The molecule has 9 heteroatoms. The summed E-state index contributed by atoms with van der Waals surface area (Å²) in [6.07, 6.45) is 0.256. The lowest BCUT2D eigenvalue weighted by atomic mass is 9.97. The highest BCUT2D eigenvalue weighted by atomic mass is 16.4. The highest BCUT2D eigenvalue weighted by Gasteiger charge is 2.28. The molecule has 0 aromatic carbocycles. The first-order valence-corrected chi connectivity index (χ1v) is 7.24. The molecule has 0 heterocycles. The number of hydrogen-bond acceptors (Lipinski definition) is 6. The van der Waals surface area contributed by atoms with Crippen LogP contribution in [0.15, 0.2) is 0 Å². The molecule has 22 heavy (non-hydrogen) atoms. The predicted molar refractivity (Wildman–Crippen MR) is 81.7 cm³/mol. The second kappa shape index (κ2) is 10.1. The van der Waals surface area contributed by atoms with E-state index in [1.54, 1.807) is 0 Å². The Kier molecular flexibility index (Phi) is 9.31. The van der Waals surface area contributed by atoms with Crippen molar-refractivity contribution in [1.82, 2.24) is 10.6 Å². The monoisotopic (exact) mass is 317 g/mol. The number of carboxylic acids is 1. The van der Waals surface area contributed by atoms with Gasteiger partial charge < -0.3 is 32.9 Å². The molecule has 0 saturated heterocycles. The lowest BCUT2D eigenvalue weighted by Gasteiger charge is -2.26. The van der Waals surface area contributed by atoms with Crippen molar-refractivity contribution < 1.29 is 19.5 Å². The number of aliphatic carboxylic acids is 1. The molecule has 1 unspecified atom stereocenters. The third kappa shape index (κ3) is 6.83. The zero-order valence-corrected chi connectivity index (χ0v) is 13.0. The maximum atomic E-state index is 12.2. The van der Waals surface area contributed by atoms with Gasteiger partial charge in [0.2, 0.25) is 11.8 Å². The lowest BCUT2D eigenvalue weighted by molar-refractivity contribution is -0.140. The Labute approximate surface area is 130 Å². The highest BCUT2D eigenvalue weighted by Crippen LogP contribution is 2.09. The quantitative estimate of drug-likeness (QED) is 0.263. The Bertz CT molecular complexity index is 387. The van der Waals surface area contributed by atoms with Crippen molar-refractivity contribution in [3.05, 3.63) is 0 Å². The molecule has 0 aromatic rings. The van der Waals surface area contributed by atoms with Crippen LogP contribution in [0.25, 0.3) is 0 Å². The van der Waals surface area contributed by atoms with Gasteiger partial charge in [-0.1, -0.05) is 20.3 Å². The summed E-state index contributed by atoms with van der Waals surface area (Å²) in [5, 5.41) is 13.9. The number of rotatable bonds is 10. The van der Waals surface area contributed by atoms with Crippen molar-refractivity contribution in [2.24, 2.45) is 23.1 Å². The summed E-state index contributed by atoms with van der Waals surface area (Å²) in [4.78, 5) is 34.7. The number of carbonyl (C=O) groups excluding carboxylic acids is 2. The van der Waals surface area contributed by atoms with Crippen molar-refractivity contribution in [2.45, 2.75) is 44.8 Å². The van der Waals surface area contributed by atoms with E-state index < -0.39 is 36.3 Å². The SMILES string of the molecule is CCC(C)[C@H](NC(=O)C[C@H](N)C(=O)O)C(=O)NC(CN)CN. The van der Waals surface area contributed by atoms with Gasteiger partial charge in [-0.05, 0) is 5.92 Å². The Morgan fingerprint density at radius 2 is 1.68 bits per heavy atom. The van der Waals surface area contributed by atoms with E-state index in [-0.39, 0.29) is 25.0 Å². The maximum absolute atomic E-state index is 12.2. The van der Waals surface area contributed by atoms with Gasteiger partial charge in [-0.2, -0.15) is 0 Å². The molecule has 3 atom stereocenters. The minimum atomic E-state index is -1.30. The van der Waals surface area contributed by atoms with E-state index in [0.717, 1.165) is 0 Å². The number of hydrogen-bond donors (Lipinski definition) is 6. The Morgan fingerprint density at radius 1 is 1.14 bits per heavy atom. The van der Waals surface area contributed by atoms with Crippen LogP contribution < -0.4 is 27.8 Å². The van der Waals surface area contributed by atoms with Crippen LogP contribution in [-0.2, 0) is 14.4 Å². The molecule has 0 radical (unpaired) electrons. The summed E-state index contributed by atoms with van der Waals surface area (Å²) in [6.45, 7) is 4.06. The van der Waals surface area contributed by atoms with Crippen LogP contribution in [0.3, 0.4) is 0 Å². The molecule has 0 fully saturated rings. The van der Waals surface area contributed by atoms with E-state index in [2.05, 4.69) is 10.6 Å². The van der Waals surface area contributed by atoms with Crippen molar-refractivity contribution in [3.63, 3.8) is 0 Å². The van der Waals surface area contributed by atoms with Gasteiger partial charge in [-0.3, -0.25) is 14.4 Å². The zero-order chi connectivity index (χ0) is 17.3. The van der Waals surface area contributed by atoms with Crippen LogP contribution in [-0.4, -0.2) is 54.1 Å². The predicted octanol–water partition coefficient (Wildman–Crippen LogP) is -2.28. The molecular weight excluding hydrogens is 290 g/mol. The topological polar surface area (TPSA) is 174 Å². The normalized spacial score (nSPS) is 15.0. The lowest BCUT2D eigenvalue weighted by Crippen LogP contribution is -2.56. The van der Waals surface area contributed by atoms with Crippen LogP contribution >= 0.6 is 0 Å². The Balaban J connectivity index is 4.80. The van der Waals surface area contributed by atoms with Gasteiger partial charge in [-0.25, -0.2) is 0 Å². The molecule has 9 nitrogen and oxygen atoms in total. The maximum Gasteiger partial charge on any atom is 0.321 e. The second-order valence-corrected chi connectivity index (χ2v) is 5.26. The van der Waals surface area contributed by atoms with Crippen LogP contribution in [0.2, 0.25) is 0 Å². The van der Waals surface area contributed by atoms with Crippen LogP contribution in [0, 0.1) is 5.92 Å². The summed E-state index contributed by atoms with van der Waals surface area (Å²) in [5.41, 5.74) is 16.3. The van der Waals surface area contributed by atoms with Gasteiger partial charge in [0.05, 0.1) is 12.5 Å². The third-order valence-electron chi connectivity index (χ3n) is 3.45. The van der Waals surface area contributed by atoms with Gasteiger partial charge in [0.1, 0.15) is 12.1 Å². The van der Waals surface area contributed by atoms with Gasteiger partial charge >= 0.3 is 5.97 Å². The number of carbonyl (C=O) groups is 3. The summed E-state index contributed by atoms with van der Waals surface area (Å²) in [5.74, 6) is -2.40. The fourth-order valence-electron chi connectivity index (χ4n) is 1.73. The van der Waals surface area contributed by atoms with Crippen molar-refractivity contribution in [1.29, 1.82) is 0 Å². The molecule has 0 aromatic heterocycles. The summed E-state index contributed by atoms with van der Waals surface area (Å²) >= 11 is 0. The van der Waals surface area contributed by atoms with E-state index in [9.17, 15) is 14.4 Å².